The molecule has 2 N–H and O–H groups in total. The van der Waals surface area contributed by atoms with Crippen molar-refractivity contribution in [2.24, 2.45) is 0 Å². The molecule has 134 valence electrons. The van der Waals surface area contributed by atoms with Crippen molar-refractivity contribution in [1.29, 1.82) is 0 Å². The summed E-state index contributed by atoms with van der Waals surface area (Å²) in [5, 5.41) is 19.6. The van der Waals surface area contributed by atoms with Crippen LogP contribution >= 0.6 is 0 Å². The van der Waals surface area contributed by atoms with Gasteiger partial charge in [0.25, 0.3) is 0 Å². The van der Waals surface area contributed by atoms with Crippen molar-refractivity contribution in [3.63, 3.8) is 0 Å². The van der Waals surface area contributed by atoms with E-state index >= 15 is 0 Å². The molecule has 0 aliphatic heterocycles. The summed E-state index contributed by atoms with van der Waals surface area (Å²) in [6, 6.07) is 13.6. The number of nitrogens with zero attached hydrogens (tertiary/aromatic N) is 1. The summed E-state index contributed by atoms with van der Waals surface area (Å²) in [4.78, 5) is 4.49. The molecule has 1 atom stereocenters. The number of phenolic OH excluding ortho intramolecular Hbond substituents is 1. The van der Waals surface area contributed by atoms with Crippen LogP contribution in [-0.4, -0.2) is 21.3 Å². The maximum atomic E-state index is 14.5. The van der Waals surface area contributed by atoms with Crippen LogP contribution in [0, 0.1) is 5.82 Å². The van der Waals surface area contributed by atoms with Crippen LogP contribution in [0.3, 0.4) is 0 Å². The number of hydrogen-bond donors (Lipinski definition) is 2. The molecule has 3 aromatic rings. The van der Waals surface area contributed by atoms with Gasteiger partial charge >= 0.3 is 0 Å². The first-order valence-electron chi connectivity index (χ1n) is 8.77. The maximum Gasteiger partial charge on any atom is 0.133 e. The predicted molar refractivity (Wildman–Crippen MR) is 103 cm³/mol. The van der Waals surface area contributed by atoms with Gasteiger partial charge in [0.15, 0.2) is 0 Å². The van der Waals surface area contributed by atoms with E-state index in [1.165, 1.54) is 6.07 Å². The molecular weight excluding hydrogens is 329 g/mol. The minimum Gasteiger partial charge on any atom is -0.508 e. The zero-order valence-corrected chi connectivity index (χ0v) is 14.7. The lowest BCUT2D eigenvalue weighted by molar-refractivity contribution is 0.182. The maximum absolute atomic E-state index is 14.5. The molecule has 0 amide bonds. The Morgan fingerprint density at radius 3 is 2.73 bits per heavy atom. The normalized spacial score (nSPS) is 12.7. The predicted octanol–water partition coefficient (Wildman–Crippen LogP) is 5.31. The van der Waals surface area contributed by atoms with Crippen molar-refractivity contribution in [2.45, 2.75) is 32.3 Å². The third-order valence-corrected chi connectivity index (χ3v) is 4.24. The van der Waals surface area contributed by atoms with E-state index in [2.05, 4.69) is 4.98 Å². The van der Waals surface area contributed by atoms with Crippen LogP contribution in [0.4, 0.5) is 4.39 Å². The first-order chi connectivity index (χ1) is 12.5. The molecule has 0 bridgehead atoms. The number of phenols is 1. The molecule has 2 aromatic carbocycles. The SMILES string of the molecule is CC(O)CCC/C=C/c1ccc(-c2ccc3cc(O)ccc3n2)c(F)c1. The third kappa shape index (κ3) is 4.46. The second-order valence-corrected chi connectivity index (χ2v) is 6.50. The zero-order valence-electron chi connectivity index (χ0n) is 14.7. The van der Waals surface area contributed by atoms with Crippen molar-refractivity contribution in [2.75, 3.05) is 0 Å². The van der Waals surface area contributed by atoms with E-state index in [-0.39, 0.29) is 17.7 Å². The average molecular weight is 351 g/mol. The lowest BCUT2D eigenvalue weighted by Gasteiger charge is -2.06. The summed E-state index contributed by atoms with van der Waals surface area (Å²) in [5.41, 5.74) is 2.52. The molecule has 0 saturated heterocycles. The second kappa shape index (κ2) is 8.11. The number of aliphatic hydroxyl groups excluding tert-OH is 1. The summed E-state index contributed by atoms with van der Waals surface area (Å²) in [7, 11) is 0. The number of rotatable bonds is 6. The van der Waals surface area contributed by atoms with Gasteiger partial charge in [-0.3, -0.25) is 0 Å². The Morgan fingerprint density at radius 2 is 1.96 bits per heavy atom. The Bertz CT molecular complexity index is 935. The number of unbranched alkanes of at least 4 members (excludes halogenated alkanes) is 1. The largest absolute Gasteiger partial charge is 0.508 e. The summed E-state index contributed by atoms with van der Waals surface area (Å²) in [5.74, 6) is -0.135. The van der Waals surface area contributed by atoms with Gasteiger partial charge in [0.1, 0.15) is 11.6 Å². The Morgan fingerprint density at radius 1 is 1.12 bits per heavy atom. The van der Waals surface area contributed by atoms with Gasteiger partial charge in [-0.25, -0.2) is 9.37 Å². The number of fused-ring (bicyclic) bond motifs is 1. The number of aromatic nitrogens is 1. The molecule has 1 heterocycles. The topological polar surface area (TPSA) is 53.4 Å². The summed E-state index contributed by atoms with van der Waals surface area (Å²) in [6.45, 7) is 1.78. The van der Waals surface area contributed by atoms with Gasteiger partial charge in [-0.05, 0) is 68.1 Å². The molecule has 0 saturated carbocycles. The molecule has 0 aliphatic rings. The first kappa shape index (κ1) is 18.1. The van der Waals surface area contributed by atoms with Crippen molar-refractivity contribution >= 4 is 17.0 Å². The Labute approximate surface area is 152 Å². The van der Waals surface area contributed by atoms with E-state index in [0.717, 1.165) is 30.2 Å². The summed E-state index contributed by atoms with van der Waals surface area (Å²) >= 11 is 0. The van der Waals surface area contributed by atoms with Crippen molar-refractivity contribution in [3.8, 4) is 17.0 Å². The molecule has 1 aromatic heterocycles. The van der Waals surface area contributed by atoms with Crippen LogP contribution in [0.5, 0.6) is 5.75 Å². The quantitative estimate of drug-likeness (QED) is 0.592. The number of hydrogen-bond acceptors (Lipinski definition) is 3. The van der Waals surface area contributed by atoms with Gasteiger partial charge in [-0.1, -0.05) is 24.3 Å². The molecule has 4 heteroatoms. The molecule has 26 heavy (non-hydrogen) atoms. The van der Waals surface area contributed by atoms with Gasteiger partial charge in [0, 0.05) is 10.9 Å². The molecule has 0 spiro atoms. The monoisotopic (exact) mass is 351 g/mol. The minimum atomic E-state index is -0.318. The lowest BCUT2D eigenvalue weighted by Crippen LogP contribution is -1.97. The third-order valence-electron chi connectivity index (χ3n) is 4.24. The van der Waals surface area contributed by atoms with Gasteiger partial charge < -0.3 is 10.2 Å². The number of allylic oxidation sites excluding steroid dienone is 1. The lowest BCUT2D eigenvalue weighted by atomic mass is 10.1. The van der Waals surface area contributed by atoms with E-state index in [0.29, 0.717) is 16.8 Å². The first-order valence-corrected chi connectivity index (χ1v) is 8.77. The zero-order chi connectivity index (χ0) is 18.5. The molecule has 0 fully saturated rings. The van der Waals surface area contributed by atoms with Gasteiger partial charge in [0.2, 0.25) is 0 Å². The van der Waals surface area contributed by atoms with Crippen molar-refractivity contribution in [1.82, 2.24) is 4.98 Å². The van der Waals surface area contributed by atoms with Crippen LogP contribution in [-0.2, 0) is 0 Å². The minimum absolute atomic E-state index is 0.183. The molecule has 1 unspecified atom stereocenters. The molecule has 3 nitrogen and oxygen atoms in total. The summed E-state index contributed by atoms with van der Waals surface area (Å²) < 4.78 is 14.5. The van der Waals surface area contributed by atoms with Crippen molar-refractivity contribution in [3.05, 3.63) is 66.0 Å². The summed E-state index contributed by atoms with van der Waals surface area (Å²) in [6.07, 6.45) is 6.14. The number of aliphatic hydroxyl groups is 1. The van der Waals surface area contributed by atoms with Crippen molar-refractivity contribution < 1.29 is 14.6 Å². The number of halogens is 1. The highest BCUT2D eigenvalue weighted by Crippen LogP contribution is 2.26. The molecule has 3 rings (SSSR count). The Balaban J connectivity index is 1.77. The van der Waals surface area contributed by atoms with Gasteiger partial charge in [-0.15, -0.1) is 0 Å². The fraction of sp³-hybridized carbons (Fsp3) is 0.227. The highest BCUT2D eigenvalue weighted by atomic mass is 19.1. The van der Waals surface area contributed by atoms with E-state index in [1.54, 1.807) is 37.3 Å². The van der Waals surface area contributed by atoms with E-state index in [9.17, 15) is 14.6 Å². The van der Waals surface area contributed by atoms with Crippen LogP contribution < -0.4 is 0 Å². The molecule has 0 aliphatic carbocycles. The van der Waals surface area contributed by atoms with E-state index in [4.69, 9.17) is 0 Å². The highest BCUT2D eigenvalue weighted by Gasteiger charge is 2.08. The standard InChI is InChI=1S/C22H22FNO2/c1-15(25)5-3-2-4-6-16-7-10-19(20(23)13-16)22-11-8-17-14-18(26)9-12-21(17)24-22/h4,6-15,25-26H,2-3,5H2,1H3/b6-4+. The van der Waals surface area contributed by atoms with Crippen LogP contribution in [0.1, 0.15) is 31.7 Å². The number of aromatic hydroxyl groups is 1. The van der Waals surface area contributed by atoms with Gasteiger partial charge in [-0.2, -0.15) is 0 Å². The highest BCUT2D eigenvalue weighted by molar-refractivity contribution is 5.83. The average Bonchev–Trinajstić information content (AvgIpc) is 2.61. The van der Waals surface area contributed by atoms with Crippen LogP contribution in [0.25, 0.3) is 28.2 Å². The van der Waals surface area contributed by atoms with Crippen LogP contribution in [0.2, 0.25) is 0 Å². The fourth-order valence-corrected chi connectivity index (χ4v) is 2.86. The number of benzene rings is 2. The molecular formula is C22H22FNO2. The second-order valence-electron chi connectivity index (χ2n) is 6.50. The van der Waals surface area contributed by atoms with E-state index < -0.39 is 0 Å². The number of pyridine rings is 1. The fourth-order valence-electron chi connectivity index (χ4n) is 2.86. The van der Waals surface area contributed by atoms with Gasteiger partial charge in [0.05, 0.1) is 17.3 Å². The Kier molecular flexibility index (Phi) is 5.64. The molecule has 0 radical (unpaired) electrons. The van der Waals surface area contributed by atoms with Crippen LogP contribution in [0.15, 0.2) is 54.6 Å². The van der Waals surface area contributed by atoms with E-state index in [1.807, 2.05) is 24.3 Å². The smallest absolute Gasteiger partial charge is 0.133 e. The Hall–Kier alpha value is -2.72.